The molecule has 0 aliphatic carbocycles. The third-order valence-corrected chi connectivity index (χ3v) is 6.19. The molecule has 5 nitrogen and oxygen atoms in total. The number of anilines is 1. The molecule has 0 heterocycles. The van der Waals surface area contributed by atoms with Crippen LogP contribution in [0, 0.1) is 20.8 Å². The van der Waals surface area contributed by atoms with E-state index in [9.17, 15) is 13.2 Å². The topological polar surface area (TPSA) is 66.5 Å². The predicted molar refractivity (Wildman–Crippen MR) is 120 cm³/mol. The number of rotatable bonds is 9. The van der Waals surface area contributed by atoms with E-state index in [1.54, 1.807) is 0 Å². The van der Waals surface area contributed by atoms with E-state index in [0.29, 0.717) is 13.0 Å². The Morgan fingerprint density at radius 1 is 1.07 bits per heavy atom. The van der Waals surface area contributed by atoms with Gasteiger partial charge in [-0.25, -0.2) is 8.42 Å². The van der Waals surface area contributed by atoms with Gasteiger partial charge in [-0.3, -0.25) is 9.10 Å². The highest BCUT2D eigenvalue weighted by molar-refractivity contribution is 7.92. The van der Waals surface area contributed by atoms with Crippen molar-refractivity contribution in [1.29, 1.82) is 0 Å². The van der Waals surface area contributed by atoms with E-state index in [1.807, 2.05) is 63.2 Å². The first-order chi connectivity index (χ1) is 13.6. The van der Waals surface area contributed by atoms with Crippen molar-refractivity contribution in [2.24, 2.45) is 0 Å². The normalized spacial score (nSPS) is 12.4. The van der Waals surface area contributed by atoms with Crippen LogP contribution < -0.4 is 9.62 Å². The van der Waals surface area contributed by atoms with Crippen molar-refractivity contribution in [2.75, 3.05) is 23.7 Å². The van der Waals surface area contributed by atoms with Crippen LogP contribution in [0.4, 0.5) is 5.69 Å². The van der Waals surface area contributed by atoms with Crippen LogP contribution >= 0.6 is 0 Å². The van der Waals surface area contributed by atoms with E-state index in [0.717, 1.165) is 22.4 Å². The van der Waals surface area contributed by atoms with Gasteiger partial charge in [-0.2, -0.15) is 0 Å². The second-order valence-electron chi connectivity index (χ2n) is 7.80. The largest absolute Gasteiger partial charge is 0.356 e. The van der Waals surface area contributed by atoms with Gasteiger partial charge < -0.3 is 5.32 Å². The zero-order chi connectivity index (χ0) is 21.6. The summed E-state index contributed by atoms with van der Waals surface area (Å²) < 4.78 is 26.2. The van der Waals surface area contributed by atoms with Crippen LogP contribution in [0.25, 0.3) is 0 Å². The lowest BCUT2D eigenvalue weighted by Crippen LogP contribution is -2.33. The molecule has 0 aliphatic rings. The molecule has 6 heteroatoms. The molecule has 0 unspecified atom stereocenters. The number of hydrogen-bond donors (Lipinski definition) is 1. The summed E-state index contributed by atoms with van der Waals surface area (Å²) >= 11 is 0. The van der Waals surface area contributed by atoms with E-state index >= 15 is 0 Å². The molecule has 1 amide bonds. The van der Waals surface area contributed by atoms with E-state index in [4.69, 9.17) is 0 Å². The molecule has 158 valence electrons. The van der Waals surface area contributed by atoms with Gasteiger partial charge in [0.1, 0.15) is 0 Å². The predicted octanol–water partition coefficient (Wildman–Crippen LogP) is 4.08. The lowest BCUT2D eigenvalue weighted by atomic mass is 10.0. The Balaban J connectivity index is 1.95. The minimum Gasteiger partial charge on any atom is -0.356 e. The van der Waals surface area contributed by atoms with Crippen molar-refractivity contribution in [2.45, 2.75) is 46.5 Å². The number of carbonyl (C=O) groups is 1. The molecule has 2 rings (SSSR count). The van der Waals surface area contributed by atoms with Crippen LogP contribution in [0.15, 0.2) is 42.5 Å². The molecule has 2 aromatic carbocycles. The zero-order valence-corrected chi connectivity index (χ0v) is 18.8. The fourth-order valence-electron chi connectivity index (χ4n) is 3.65. The first-order valence-corrected chi connectivity index (χ1v) is 11.8. The van der Waals surface area contributed by atoms with E-state index < -0.39 is 10.0 Å². The second kappa shape index (κ2) is 9.92. The number of amides is 1. The highest BCUT2D eigenvalue weighted by Gasteiger charge is 2.21. The van der Waals surface area contributed by atoms with Gasteiger partial charge in [-0.1, -0.05) is 55.0 Å². The highest BCUT2D eigenvalue weighted by Crippen LogP contribution is 2.28. The monoisotopic (exact) mass is 416 g/mol. The molecule has 0 bridgehead atoms. The third kappa shape index (κ3) is 6.60. The summed E-state index contributed by atoms with van der Waals surface area (Å²) in [6.07, 6.45) is 1.97. The number of sulfonamides is 1. The summed E-state index contributed by atoms with van der Waals surface area (Å²) in [6, 6.07) is 14.0. The number of aryl methyl sites for hydroxylation is 3. The first kappa shape index (κ1) is 22.9. The molecule has 0 saturated heterocycles. The molecule has 0 saturated carbocycles. The highest BCUT2D eigenvalue weighted by atomic mass is 32.2. The Bertz CT molecular complexity index is 917. The minimum absolute atomic E-state index is 0.0569. The van der Waals surface area contributed by atoms with Crippen molar-refractivity contribution in [1.82, 2.24) is 5.32 Å². The number of nitrogens with one attached hydrogen (secondary N) is 1. The lowest BCUT2D eigenvalue weighted by molar-refractivity contribution is -0.121. The average Bonchev–Trinajstić information content (AvgIpc) is 2.64. The average molecular weight is 417 g/mol. The van der Waals surface area contributed by atoms with Crippen LogP contribution in [-0.2, 0) is 14.8 Å². The standard InChI is InChI=1S/C23H32N2O3S/c1-17-14-18(2)23(19(3)15-17)25(29(5,27)28)13-9-12-22(26)24-16-20(4)21-10-7-6-8-11-21/h6-8,10-11,14-15,20H,9,12-13,16H2,1-5H3,(H,24,26)/t20-/m0/s1. The van der Waals surface area contributed by atoms with Crippen LogP contribution in [-0.4, -0.2) is 33.7 Å². The van der Waals surface area contributed by atoms with Gasteiger partial charge in [-0.05, 0) is 49.8 Å². The molecular formula is C23H32N2O3S. The zero-order valence-electron chi connectivity index (χ0n) is 18.0. The number of nitrogens with zero attached hydrogens (tertiary/aromatic N) is 1. The van der Waals surface area contributed by atoms with Crippen molar-refractivity contribution in [3.8, 4) is 0 Å². The summed E-state index contributed by atoms with van der Waals surface area (Å²) in [5.74, 6) is 0.170. The molecular weight excluding hydrogens is 384 g/mol. The Morgan fingerprint density at radius 2 is 1.66 bits per heavy atom. The summed E-state index contributed by atoms with van der Waals surface area (Å²) in [5, 5.41) is 2.96. The Labute approximate surface area is 175 Å². The maximum Gasteiger partial charge on any atom is 0.232 e. The fourth-order valence-corrected chi connectivity index (χ4v) is 4.73. The van der Waals surface area contributed by atoms with Crippen molar-refractivity contribution >= 4 is 21.6 Å². The molecule has 0 aliphatic heterocycles. The quantitative estimate of drug-likeness (QED) is 0.670. The van der Waals surface area contributed by atoms with Crippen molar-refractivity contribution in [3.63, 3.8) is 0 Å². The van der Waals surface area contributed by atoms with Gasteiger partial charge >= 0.3 is 0 Å². The molecule has 29 heavy (non-hydrogen) atoms. The van der Waals surface area contributed by atoms with Gasteiger partial charge in [0, 0.05) is 19.5 Å². The van der Waals surface area contributed by atoms with Crippen molar-refractivity contribution < 1.29 is 13.2 Å². The van der Waals surface area contributed by atoms with Crippen LogP contribution in [0.3, 0.4) is 0 Å². The van der Waals surface area contributed by atoms with Gasteiger partial charge in [0.2, 0.25) is 15.9 Å². The van der Waals surface area contributed by atoms with Gasteiger partial charge in [0.15, 0.2) is 0 Å². The van der Waals surface area contributed by atoms with Gasteiger partial charge in [-0.15, -0.1) is 0 Å². The molecule has 2 aromatic rings. The molecule has 0 aromatic heterocycles. The Hall–Kier alpha value is -2.34. The maximum absolute atomic E-state index is 12.4. The van der Waals surface area contributed by atoms with Crippen LogP contribution in [0.5, 0.6) is 0 Å². The van der Waals surface area contributed by atoms with E-state index in [1.165, 1.54) is 16.1 Å². The van der Waals surface area contributed by atoms with Gasteiger partial charge in [0.05, 0.1) is 11.9 Å². The Morgan fingerprint density at radius 3 is 2.21 bits per heavy atom. The number of carbonyl (C=O) groups excluding carboxylic acids is 1. The summed E-state index contributed by atoms with van der Waals surface area (Å²) in [4.78, 5) is 12.2. The number of benzene rings is 2. The summed E-state index contributed by atoms with van der Waals surface area (Å²) in [7, 11) is -3.43. The van der Waals surface area contributed by atoms with E-state index in [-0.39, 0.29) is 24.8 Å². The molecule has 0 spiro atoms. The number of hydrogen-bond acceptors (Lipinski definition) is 3. The minimum atomic E-state index is -3.43. The van der Waals surface area contributed by atoms with E-state index in [2.05, 4.69) is 12.2 Å². The smallest absolute Gasteiger partial charge is 0.232 e. The Kier molecular flexibility index (Phi) is 7.85. The van der Waals surface area contributed by atoms with Crippen LogP contribution in [0.2, 0.25) is 0 Å². The molecule has 0 fully saturated rings. The molecule has 0 radical (unpaired) electrons. The van der Waals surface area contributed by atoms with Gasteiger partial charge in [0.25, 0.3) is 0 Å². The third-order valence-electron chi connectivity index (χ3n) is 5.02. The SMILES string of the molecule is Cc1cc(C)c(N(CCCC(=O)NC[C@H](C)c2ccccc2)S(C)(=O)=O)c(C)c1. The molecule has 1 atom stereocenters. The van der Waals surface area contributed by atoms with Crippen LogP contribution in [0.1, 0.15) is 47.9 Å². The fraction of sp³-hybridized carbons (Fsp3) is 0.435. The summed E-state index contributed by atoms with van der Waals surface area (Å²) in [6.45, 7) is 8.76. The lowest BCUT2D eigenvalue weighted by Gasteiger charge is -2.26. The first-order valence-electron chi connectivity index (χ1n) is 9.96. The second-order valence-corrected chi connectivity index (χ2v) is 9.71. The maximum atomic E-state index is 12.4. The van der Waals surface area contributed by atoms with Crippen molar-refractivity contribution in [3.05, 3.63) is 64.7 Å². The summed E-state index contributed by atoms with van der Waals surface area (Å²) in [5.41, 5.74) is 4.85. The molecule has 1 N–H and O–H groups in total.